The molecule has 0 aromatic carbocycles. The highest BCUT2D eigenvalue weighted by Crippen LogP contribution is 2.43. The Hall–Kier alpha value is -1.51. The number of aryl methyl sites for hydroxylation is 1. The van der Waals surface area contributed by atoms with Gasteiger partial charge in [-0.3, -0.25) is 9.59 Å². The molecule has 8 heteroatoms. The summed E-state index contributed by atoms with van der Waals surface area (Å²) in [5, 5.41) is 10.4. The highest BCUT2D eigenvalue weighted by Gasteiger charge is 2.55. The number of aliphatic carboxylic acids is 1. The molecule has 126 valence electrons. The summed E-state index contributed by atoms with van der Waals surface area (Å²) in [5.41, 5.74) is -0.204. The van der Waals surface area contributed by atoms with Crippen LogP contribution in [0, 0.1) is 18.3 Å². The Bertz CT molecular complexity index is 631. The van der Waals surface area contributed by atoms with Gasteiger partial charge >= 0.3 is 5.97 Å². The van der Waals surface area contributed by atoms with Gasteiger partial charge in [0.1, 0.15) is 9.88 Å². The van der Waals surface area contributed by atoms with Crippen LogP contribution in [0.15, 0.2) is 0 Å². The topological polar surface area (TPSA) is 89.0 Å². The van der Waals surface area contributed by atoms with E-state index in [1.807, 2.05) is 0 Å². The van der Waals surface area contributed by atoms with E-state index in [1.54, 1.807) is 18.9 Å². The number of carbonyl (C=O) groups is 2. The Morgan fingerprint density at radius 3 is 3.00 bits per heavy atom. The van der Waals surface area contributed by atoms with Crippen LogP contribution in [0.5, 0.6) is 0 Å². The predicted octanol–water partition coefficient (Wildman–Crippen LogP) is 1.16. The predicted molar refractivity (Wildman–Crippen MR) is 82.5 cm³/mol. The van der Waals surface area contributed by atoms with Gasteiger partial charge < -0.3 is 19.5 Å². The summed E-state index contributed by atoms with van der Waals surface area (Å²) < 4.78 is 10.5. The number of thiazole rings is 1. The zero-order valence-electron chi connectivity index (χ0n) is 13.2. The number of nitrogens with zero attached hydrogens (tertiary/aromatic N) is 2. The molecule has 2 fully saturated rings. The van der Waals surface area contributed by atoms with Crippen molar-refractivity contribution >= 4 is 23.2 Å². The molecule has 1 aromatic rings. The van der Waals surface area contributed by atoms with E-state index in [4.69, 9.17) is 9.47 Å². The second-order valence-corrected chi connectivity index (χ2v) is 7.21. The molecule has 0 bridgehead atoms. The number of hydrogen-bond acceptors (Lipinski definition) is 6. The van der Waals surface area contributed by atoms with E-state index in [0.29, 0.717) is 43.4 Å². The maximum atomic E-state index is 12.8. The Kier molecular flexibility index (Phi) is 4.39. The van der Waals surface area contributed by atoms with Crippen LogP contribution >= 0.6 is 11.3 Å². The minimum absolute atomic E-state index is 0.141. The standard InChI is InChI=1S/C15H20N2O5S/c1-9-12(23-11(16-9)7-21-2)13(18)17-5-10-6-22-4-3-15(10,8-17)14(19)20/h10H,3-8H2,1-2H3,(H,19,20)/t10-,15+/m0/s1. The van der Waals surface area contributed by atoms with Crippen LogP contribution in [0.25, 0.3) is 0 Å². The Balaban J connectivity index is 1.83. The van der Waals surface area contributed by atoms with E-state index < -0.39 is 11.4 Å². The van der Waals surface area contributed by atoms with Gasteiger partial charge in [-0.25, -0.2) is 4.98 Å². The molecule has 0 unspecified atom stereocenters. The van der Waals surface area contributed by atoms with Crippen LogP contribution in [0.4, 0.5) is 0 Å². The van der Waals surface area contributed by atoms with Gasteiger partial charge in [-0.2, -0.15) is 0 Å². The third-order valence-electron chi connectivity index (χ3n) is 4.72. The molecule has 2 atom stereocenters. The molecule has 0 saturated carbocycles. The van der Waals surface area contributed by atoms with Crippen LogP contribution in [0.1, 0.15) is 26.8 Å². The number of aromatic nitrogens is 1. The summed E-state index contributed by atoms with van der Waals surface area (Å²) in [6.07, 6.45) is 0.452. The highest BCUT2D eigenvalue weighted by molar-refractivity contribution is 7.13. The van der Waals surface area contributed by atoms with Crippen molar-refractivity contribution in [3.05, 3.63) is 15.6 Å². The van der Waals surface area contributed by atoms with Crippen molar-refractivity contribution in [2.45, 2.75) is 20.0 Å². The third kappa shape index (κ3) is 2.75. The van der Waals surface area contributed by atoms with Crippen LogP contribution in [0.3, 0.4) is 0 Å². The van der Waals surface area contributed by atoms with E-state index >= 15 is 0 Å². The maximum Gasteiger partial charge on any atom is 0.311 e. The lowest BCUT2D eigenvalue weighted by Crippen LogP contribution is -2.45. The van der Waals surface area contributed by atoms with Crippen molar-refractivity contribution < 1.29 is 24.2 Å². The molecule has 2 aliphatic heterocycles. The molecule has 0 spiro atoms. The van der Waals surface area contributed by atoms with Gasteiger partial charge in [-0.05, 0) is 13.3 Å². The maximum absolute atomic E-state index is 12.8. The molecular weight excluding hydrogens is 320 g/mol. The van der Waals surface area contributed by atoms with Crippen molar-refractivity contribution in [3.8, 4) is 0 Å². The summed E-state index contributed by atoms with van der Waals surface area (Å²) in [5.74, 6) is -1.12. The van der Waals surface area contributed by atoms with Crippen molar-refractivity contribution in [1.82, 2.24) is 9.88 Å². The molecular formula is C15H20N2O5S. The number of carboxylic acids is 1. The second-order valence-electron chi connectivity index (χ2n) is 6.12. The molecule has 1 N–H and O–H groups in total. The van der Waals surface area contributed by atoms with E-state index in [0.717, 1.165) is 5.01 Å². The van der Waals surface area contributed by atoms with Gasteiger partial charge in [0.25, 0.3) is 5.91 Å². The smallest absolute Gasteiger partial charge is 0.311 e. The number of carboxylic acid groups (broad SMARTS) is 1. The lowest BCUT2D eigenvalue weighted by Gasteiger charge is -2.33. The molecule has 3 rings (SSSR count). The van der Waals surface area contributed by atoms with Crippen LogP contribution < -0.4 is 0 Å². The first kappa shape index (κ1) is 16.4. The zero-order valence-corrected chi connectivity index (χ0v) is 14.0. The SMILES string of the molecule is COCc1nc(C)c(C(=O)N2C[C@H]3COCC[C@@]3(C(=O)O)C2)s1. The van der Waals surface area contributed by atoms with Crippen molar-refractivity contribution in [3.63, 3.8) is 0 Å². The minimum Gasteiger partial charge on any atom is -0.481 e. The number of ether oxygens (including phenoxy) is 2. The minimum atomic E-state index is -0.873. The molecule has 1 aromatic heterocycles. The summed E-state index contributed by atoms with van der Waals surface area (Å²) in [6.45, 7) is 3.65. The molecule has 23 heavy (non-hydrogen) atoms. The van der Waals surface area contributed by atoms with E-state index in [-0.39, 0.29) is 18.4 Å². The number of hydrogen-bond donors (Lipinski definition) is 1. The van der Waals surface area contributed by atoms with E-state index in [9.17, 15) is 14.7 Å². The van der Waals surface area contributed by atoms with Gasteiger partial charge in [-0.1, -0.05) is 0 Å². The average molecular weight is 340 g/mol. The fourth-order valence-electron chi connectivity index (χ4n) is 3.43. The van der Waals surface area contributed by atoms with Gasteiger partial charge in [0, 0.05) is 32.7 Å². The van der Waals surface area contributed by atoms with E-state index in [1.165, 1.54) is 11.3 Å². The van der Waals surface area contributed by atoms with Crippen LogP contribution in [0.2, 0.25) is 0 Å². The van der Waals surface area contributed by atoms with Gasteiger partial charge in [0.15, 0.2) is 0 Å². The van der Waals surface area contributed by atoms with Gasteiger partial charge in [-0.15, -0.1) is 11.3 Å². The molecule has 0 radical (unpaired) electrons. The monoisotopic (exact) mass is 340 g/mol. The van der Waals surface area contributed by atoms with Gasteiger partial charge in [0.05, 0.1) is 24.3 Å². The molecule has 0 aliphatic carbocycles. The number of fused-ring (bicyclic) bond motifs is 1. The number of amides is 1. The van der Waals surface area contributed by atoms with Gasteiger partial charge in [0.2, 0.25) is 0 Å². The Morgan fingerprint density at radius 1 is 1.57 bits per heavy atom. The highest BCUT2D eigenvalue weighted by atomic mass is 32.1. The lowest BCUT2D eigenvalue weighted by molar-refractivity contribution is -0.157. The molecule has 2 saturated heterocycles. The summed E-state index contributed by atoms with van der Waals surface area (Å²) in [4.78, 5) is 31.2. The van der Waals surface area contributed by atoms with Crippen molar-refractivity contribution in [2.75, 3.05) is 33.4 Å². The summed E-state index contributed by atoms with van der Waals surface area (Å²) in [7, 11) is 1.58. The lowest BCUT2D eigenvalue weighted by atomic mass is 9.74. The number of likely N-dealkylation sites (tertiary alicyclic amines) is 1. The third-order valence-corrected chi connectivity index (χ3v) is 5.84. The second kappa shape index (κ2) is 6.18. The first-order chi connectivity index (χ1) is 11.0. The van der Waals surface area contributed by atoms with Crippen LogP contribution in [-0.2, 0) is 20.9 Å². The molecule has 1 amide bonds. The quantitative estimate of drug-likeness (QED) is 0.885. The molecule has 3 heterocycles. The largest absolute Gasteiger partial charge is 0.481 e. The number of carbonyl (C=O) groups excluding carboxylic acids is 1. The zero-order chi connectivity index (χ0) is 16.6. The normalized spacial score (nSPS) is 27.0. The first-order valence-corrected chi connectivity index (χ1v) is 8.35. The van der Waals surface area contributed by atoms with Crippen molar-refractivity contribution in [1.29, 1.82) is 0 Å². The van der Waals surface area contributed by atoms with Crippen molar-refractivity contribution in [2.24, 2.45) is 11.3 Å². The number of methoxy groups -OCH3 is 1. The molecule has 7 nitrogen and oxygen atoms in total. The Morgan fingerprint density at radius 2 is 2.35 bits per heavy atom. The van der Waals surface area contributed by atoms with E-state index in [2.05, 4.69) is 4.98 Å². The van der Waals surface area contributed by atoms with Crippen LogP contribution in [-0.4, -0.2) is 60.3 Å². The number of rotatable bonds is 4. The summed E-state index contributed by atoms with van der Waals surface area (Å²) >= 11 is 1.31. The molecule has 2 aliphatic rings. The fraction of sp³-hybridized carbons (Fsp3) is 0.667. The first-order valence-electron chi connectivity index (χ1n) is 7.53. The fourth-order valence-corrected chi connectivity index (χ4v) is 4.44. The summed E-state index contributed by atoms with van der Waals surface area (Å²) in [6, 6.07) is 0. The Labute approximate surface area is 138 Å². The average Bonchev–Trinajstić information content (AvgIpc) is 3.08.